The van der Waals surface area contributed by atoms with Gasteiger partial charge in [0, 0.05) is 27.5 Å². The van der Waals surface area contributed by atoms with E-state index >= 15 is 0 Å². The maximum atomic E-state index is 14.2. The van der Waals surface area contributed by atoms with Crippen LogP contribution >= 0.6 is 0 Å². The third-order valence-corrected chi connectivity index (χ3v) is 10.7. The molecule has 296 valence electrons. The highest BCUT2D eigenvalue weighted by molar-refractivity contribution is 6.11. The fourth-order valence-corrected chi connectivity index (χ4v) is 8.16. The molecule has 9 rings (SSSR count). The number of hydrogen-bond donors (Lipinski definition) is 0. The molecule has 0 bridgehead atoms. The number of rotatable bonds is 6. The monoisotopic (exact) mass is 804 g/mol. The first-order chi connectivity index (χ1) is 28.7. The number of aryl methyl sites for hydroxylation is 3. The minimum atomic E-state index is -5.02. The van der Waals surface area contributed by atoms with Crippen LogP contribution in [0.1, 0.15) is 27.8 Å². The standard InChI is InChI=1S/C50H34F6N4/c1-29-22-30(2)45(31(3)23-29)35-19-21-43-41(26-35)39-16-10-11-17-42(39)60(43)44-27-34(36-24-37(49(51,52)53)28-38(25-36)50(54,55)56)18-20-40(44)48-58-46(32-12-6-4-7-13-32)57-47(59-48)33-14-8-5-9-15-33/h4-28H,1-3H3. The molecule has 0 aliphatic heterocycles. The fraction of sp³-hybridized carbons (Fsp3) is 0.100. The van der Waals surface area contributed by atoms with Gasteiger partial charge in [0.15, 0.2) is 17.5 Å². The van der Waals surface area contributed by atoms with Crippen LogP contribution in [0.25, 0.3) is 83.9 Å². The van der Waals surface area contributed by atoms with Crippen molar-refractivity contribution < 1.29 is 26.3 Å². The zero-order chi connectivity index (χ0) is 41.9. The van der Waals surface area contributed by atoms with E-state index in [1.54, 1.807) is 12.1 Å². The first kappa shape index (κ1) is 38.4. The molecular formula is C50H34F6N4. The molecule has 0 radical (unpaired) electrons. The largest absolute Gasteiger partial charge is 0.416 e. The van der Waals surface area contributed by atoms with Crippen molar-refractivity contribution in [2.75, 3.05) is 0 Å². The van der Waals surface area contributed by atoms with E-state index in [-0.39, 0.29) is 23.0 Å². The summed E-state index contributed by atoms with van der Waals surface area (Å²) in [5, 5.41) is 1.81. The molecule has 7 aromatic carbocycles. The van der Waals surface area contributed by atoms with E-state index in [9.17, 15) is 26.3 Å². The lowest BCUT2D eigenvalue weighted by molar-refractivity contribution is -0.143. The lowest BCUT2D eigenvalue weighted by Gasteiger charge is -2.18. The van der Waals surface area contributed by atoms with Crippen molar-refractivity contribution in [2.45, 2.75) is 33.1 Å². The summed E-state index contributed by atoms with van der Waals surface area (Å²) < 4.78 is 87.0. The van der Waals surface area contributed by atoms with Gasteiger partial charge in [0.05, 0.1) is 27.8 Å². The second-order valence-electron chi connectivity index (χ2n) is 14.9. The average Bonchev–Trinajstić information content (AvgIpc) is 3.56. The normalized spacial score (nSPS) is 12.1. The van der Waals surface area contributed by atoms with Gasteiger partial charge in [-0.1, -0.05) is 109 Å². The molecule has 9 aromatic rings. The first-order valence-electron chi connectivity index (χ1n) is 19.2. The Morgan fingerprint density at radius 3 is 1.52 bits per heavy atom. The Morgan fingerprint density at radius 1 is 0.417 bits per heavy atom. The lowest BCUT2D eigenvalue weighted by Crippen LogP contribution is -2.11. The molecule has 0 unspecified atom stereocenters. The Morgan fingerprint density at radius 2 is 0.933 bits per heavy atom. The van der Waals surface area contributed by atoms with E-state index in [4.69, 9.17) is 15.0 Å². The van der Waals surface area contributed by atoms with E-state index in [1.807, 2.05) is 102 Å². The summed E-state index contributed by atoms with van der Waals surface area (Å²) in [6, 6.07) is 43.5. The van der Waals surface area contributed by atoms with Crippen LogP contribution in [0.2, 0.25) is 0 Å². The predicted octanol–water partition coefficient (Wildman–Crippen LogP) is 14.3. The number of alkyl halides is 6. The van der Waals surface area contributed by atoms with Crippen LogP contribution < -0.4 is 0 Å². The molecule has 60 heavy (non-hydrogen) atoms. The molecule has 0 atom stereocenters. The maximum Gasteiger partial charge on any atom is 0.416 e. The molecule has 0 saturated heterocycles. The fourth-order valence-electron chi connectivity index (χ4n) is 8.16. The van der Waals surface area contributed by atoms with E-state index in [0.717, 1.165) is 72.9 Å². The summed E-state index contributed by atoms with van der Waals surface area (Å²) in [6.07, 6.45) is -10.0. The van der Waals surface area contributed by atoms with Gasteiger partial charge in [-0.25, -0.2) is 15.0 Å². The molecule has 4 nitrogen and oxygen atoms in total. The van der Waals surface area contributed by atoms with Gasteiger partial charge in [0.1, 0.15) is 0 Å². The zero-order valence-electron chi connectivity index (χ0n) is 32.5. The summed E-state index contributed by atoms with van der Waals surface area (Å²) >= 11 is 0. The molecule has 0 amide bonds. The van der Waals surface area contributed by atoms with Crippen molar-refractivity contribution in [1.29, 1.82) is 0 Å². The topological polar surface area (TPSA) is 43.6 Å². The van der Waals surface area contributed by atoms with Crippen LogP contribution in [0.3, 0.4) is 0 Å². The third kappa shape index (κ3) is 7.08. The Bertz CT molecular complexity index is 2980. The molecule has 0 fully saturated rings. The van der Waals surface area contributed by atoms with Gasteiger partial charge >= 0.3 is 12.4 Å². The number of benzene rings is 7. The number of fused-ring (bicyclic) bond motifs is 3. The van der Waals surface area contributed by atoms with Crippen LogP contribution in [0, 0.1) is 20.8 Å². The summed E-state index contributed by atoms with van der Waals surface area (Å²) in [5.41, 5.74) is 6.54. The summed E-state index contributed by atoms with van der Waals surface area (Å²) in [7, 11) is 0. The number of para-hydroxylation sites is 1. The van der Waals surface area contributed by atoms with E-state index in [1.165, 1.54) is 6.07 Å². The maximum absolute atomic E-state index is 14.2. The summed E-state index contributed by atoms with van der Waals surface area (Å²) in [4.78, 5) is 14.8. The molecule has 0 aliphatic carbocycles. The van der Waals surface area contributed by atoms with Crippen LogP contribution in [-0.4, -0.2) is 19.5 Å². The minimum Gasteiger partial charge on any atom is -0.308 e. The van der Waals surface area contributed by atoms with Gasteiger partial charge in [-0.2, -0.15) is 26.3 Å². The first-order valence-corrected chi connectivity index (χ1v) is 19.2. The van der Waals surface area contributed by atoms with Gasteiger partial charge in [0.2, 0.25) is 0 Å². The molecular weight excluding hydrogens is 771 g/mol. The molecule has 0 spiro atoms. The van der Waals surface area contributed by atoms with Crippen molar-refractivity contribution in [3.8, 4) is 62.1 Å². The highest BCUT2D eigenvalue weighted by Gasteiger charge is 2.37. The second-order valence-corrected chi connectivity index (χ2v) is 14.9. The predicted molar refractivity (Wildman–Crippen MR) is 226 cm³/mol. The van der Waals surface area contributed by atoms with E-state index < -0.39 is 23.5 Å². The van der Waals surface area contributed by atoms with Gasteiger partial charge in [-0.15, -0.1) is 0 Å². The molecule has 0 N–H and O–H groups in total. The van der Waals surface area contributed by atoms with Gasteiger partial charge in [-0.05, 0) is 103 Å². The van der Waals surface area contributed by atoms with Crippen molar-refractivity contribution in [3.63, 3.8) is 0 Å². The number of aromatic nitrogens is 4. The summed E-state index contributed by atoms with van der Waals surface area (Å²) in [5.74, 6) is 1.04. The average molecular weight is 805 g/mol. The van der Waals surface area contributed by atoms with E-state index in [2.05, 4.69) is 39.0 Å². The zero-order valence-corrected chi connectivity index (χ0v) is 32.5. The van der Waals surface area contributed by atoms with Crippen molar-refractivity contribution in [3.05, 3.63) is 179 Å². The number of nitrogens with zero attached hydrogens (tertiary/aromatic N) is 4. The quantitative estimate of drug-likeness (QED) is 0.157. The van der Waals surface area contributed by atoms with Crippen molar-refractivity contribution in [2.24, 2.45) is 0 Å². The molecule has 10 heteroatoms. The van der Waals surface area contributed by atoms with Gasteiger partial charge < -0.3 is 4.57 Å². The Kier molecular flexibility index (Phi) is 9.38. The molecule has 2 aromatic heterocycles. The highest BCUT2D eigenvalue weighted by atomic mass is 19.4. The Balaban J connectivity index is 1.36. The van der Waals surface area contributed by atoms with Gasteiger partial charge in [-0.3, -0.25) is 0 Å². The third-order valence-electron chi connectivity index (χ3n) is 10.7. The minimum absolute atomic E-state index is 0.138. The van der Waals surface area contributed by atoms with Crippen molar-refractivity contribution in [1.82, 2.24) is 19.5 Å². The smallest absolute Gasteiger partial charge is 0.308 e. The Labute approximate surface area is 341 Å². The second kappa shape index (κ2) is 14.6. The lowest BCUT2D eigenvalue weighted by atomic mass is 9.93. The molecule has 0 saturated carbocycles. The molecule has 2 heterocycles. The molecule has 0 aliphatic rings. The van der Waals surface area contributed by atoms with Crippen LogP contribution in [-0.2, 0) is 12.4 Å². The van der Waals surface area contributed by atoms with Crippen LogP contribution in [0.4, 0.5) is 26.3 Å². The Hall–Kier alpha value is -7.07. The van der Waals surface area contributed by atoms with Gasteiger partial charge in [0.25, 0.3) is 0 Å². The van der Waals surface area contributed by atoms with E-state index in [0.29, 0.717) is 22.9 Å². The highest BCUT2D eigenvalue weighted by Crippen LogP contribution is 2.43. The summed E-state index contributed by atoms with van der Waals surface area (Å²) in [6.45, 7) is 6.23. The van der Waals surface area contributed by atoms with Crippen LogP contribution in [0.15, 0.2) is 152 Å². The van der Waals surface area contributed by atoms with Crippen LogP contribution in [0.5, 0.6) is 0 Å². The van der Waals surface area contributed by atoms with Crippen molar-refractivity contribution >= 4 is 21.8 Å². The SMILES string of the molecule is Cc1cc(C)c(-c2ccc3c(c2)c2ccccc2n3-c2cc(-c3cc(C(F)(F)F)cc(C(F)(F)F)c3)ccc2-c2nc(-c3ccccc3)nc(-c3ccccc3)n2)c(C)c1. The number of hydrogen-bond acceptors (Lipinski definition) is 3. The number of halogens is 6.